The fourth-order valence-corrected chi connectivity index (χ4v) is 3.70. The van der Waals surface area contributed by atoms with Crippen molar-refractivity contribution in [2.45, 2.75) is 70.4 Å². The van der Waals surface area contributed by atoms with Crippen LogP contribution in [0.15, 0.2) is 0 Å². The Morgan fingerprint density at radius 3 is 2.76 bits per heavy atom. The molecule has 21 heavy (non-hydrogen) atoms. The van der Waals surface area contributed by atoms with E-state index in [1.54, 1.807) is 0 Å². The van der Waals surface area contributed by atoms with E-state index in [4.69, 9.17) is 11.2 Å². The van der Waals surface area contributed by atoms with E-state index in [2.05, 4.69) is 28.6 Å². The highest BCUT2D eigenvalue weighted by Crippen LogP contribution is 2.32. The molecule has 2 rings (SSSR count). The molecule has 2 fully saturated rings. The Morgan fingerprint density at radius 2 is 2.14 bits per heavy atom. The molecular formula is C17H31N3O. The molecule has 1 aliphatic carbocycles. The van der Waals surface area contributed by atoms with Crippen molar-refractivity contribution in [2.75, 3.05) is 19.9 Å². The second-order valence-electron chi connectivity index (χ2n) is 6.30. The molecule has 1 aliphatic heterocycles. The van der Waals surface area contributed by atoms with Crippen molar-refractivity contribution in [1.82, 2.24) is 15.8 Å². The summed E-state index contributed by atoms with van der Waals surface area (Å²) in [5.74, 6) is 3.33. The predicted octanol–water partition coefficient (Wildman–Crippen LogP) is 2.47. The molecule has 120 valence electrons. The summed E-state index contributed by atoms with van der Waals surface area (Å²) < 4.78 is 6.16. The van der Waals surface area contributed by atoms with Gasteiger partial charge in [-0.1, -0.05) is 44.9 Å². The van der Waals surface area contributed by atoms with Crippen molar-refractivity contribution in [3.05, 3.63) is 0 Å². The Labute approximate surface area is 130 Å². The van der Waals surface area contributed by atoms with E-state index in [0.29, 0.717) is 18.6 Å². The summed E-state index contributed by atoms with van der Waals surface area (Å²) >= 11 is 0. The maximum atomic E-state index is 6.16. The molecule has 0 aromatic rings. The Balaban J connectivity index is 2.05. The third kappa shape index (κ3) is 4.96. The van der Waals surface area contributed by atoms with Crippen molar-refractivity contribution in [2.24, 2.45) is 5.92 Å². The molecule has 1 heterocycles. The average molecular weight is 293 g/mol. The Kier molecular flexibility index (Phi) is 7.52. The number of hydrogen-bond donors (Lipinski definition) is 2. The lowest BCUT2D eigenvalue weighted by atomic mass is 9.81. The molecule has 1 saturated carbocycles. The van der Waals surface area contributed by atoms with E-state index in [0.717, 1.165) is 13.3 Å². The van der Waals surface area contributed by atoms with Gasteiger partial charge in [0.1, 0.15) is 6.61 Å². The summed E-state index contributed by atoms with van der Waals surface area (Å²) in [5.41, 5.74) is 3.45. The number of ether oxygens (including phenoxy) is 1. The van der Waals surface area contributed by atoms with Gasteiger partial charge in [0, 0.05) is 0 Å². The van der Waals surface area contributed by atoms with Crippen LogP contribution in [0.4, 0.5) is 0 Å². The summed E-state index contributed by atoms with van der Waals surface area (Å²) in [6.45, 7) is 4.45. The molecule has 0 radical (unpaired) electrons. The van der Waals surface area contributed by atoms with Crippen molar-refractivity contribution >= 4 is 0 Å². The molecule has 2 unspecified atom stereocenters. The van der Waals surface area contributed by atoms with E-state index in [1.165, 1.54) is 51.4 Å². The van der Waals surface area contributed by atoms with E-state index in [1.807, 2.05) is 0 Å². The average Bonchev–Trinajstić information content (AvgIpc) is 3.05. The van der Waals surface area contributed by atoms with Crippen LogP contribution in [-0.2, 0) is 4.74 Å². The third-order valence-electron chi connectivity index (χ3n) is 4.80. The molecule has 2 aliphatic rings. The third-order valence-corrected chi connectivity index (χ3v) is 4.80. The second-order valence-corrected chi connectivity index (χ2v) is 6.30. The molecule has 0 bridgehead atoms. The highest BCUT2D eigenvalue weighted by molar-refractivity contribution is 4.90. The summed E-state index contributed by atoms with van der Waals surface area (Å²) in [4.78, 5) is 0. The first kappa shape index (κ1) is 16.8. The summed E-state index contributed by atoms with van der Waals surface area (Å²) in [6.07, 6.45) is 16.0. The van der Waals surface area contributed by atoms with Crippen LogP contribution < -0.4 is 10.7 Å². The van der Waals surface area contributed by atoms with Gasteiger partial charge in [0.15, 0.2) is 0 Å². The number of nitrogens with one attached hydrogen (secondary N) is 2. The second kappa shape index (κ2) is 9.42. The first-order chi connectivity index (χ1) is 10.4. The quantitative estimate of drug-likeness (QED) is 0.674. The Bertz CT molecular complexity index is 316. The van der Waals surface area contributed by atoms with Crippen LogP contribution >= 0.6 is 0 Å². The van der Waals surface area contributed by atoms with Gasteiger partial charge in [-0.2, -0.15) is 0 Å². The molecule has 1 saturated heterocycles. The predicted molar refractivity (Wildman–Crippen MR) is 86.3 cm³/mol. The largest absolute Gasteiger partial charge is 0.364 e. The minimum atomic E-state index is 0.264. The first-order valence-electron chi connectivity index (χ1n) is 8.62. The number of terminal acetylenes is 1. The molecule has 0 aromatic carbocycles. The maximum Gasteiger partial charge on any atom is 0.107 e. The molecule has 0 spiro atoms. The zero-order valence-corrected chi connectivity index (χ0v) is 13.4. The standard InChI is InChI=1S/C17H31N3O/c1-3-5-11-16(20-14-18-13-19-20)17(21-12-4-2)15-9-7-6-8-10-15/h2,15-19H,3,5-14H2,1H3. The maximum absolute atomic E-state index is 6.16. The topological polar surface area (TPSA) is 36.5 Å². The van der Waals surface area contributed by atoms with Gasteiger partial charge in [-0.15, -0.1) is 6.42 Å². The smallest absolute Gasteiger partial charge is 0.107 e. The van der Waals surface area contributed by atoms with Crippen LogP contribution in [0.2, 0.25) is 0 Å². The van der Waals surface area contributed by atoms with Crippen LogP contribution in [0, 0.1) is 18.3 Å². The number of hydrogen-bond acceptors (Lipinski definition) is 4. The number of unbranched alkanes of at least 4 members (excludes halogenated alkanes) is 1. The minimum absolute atomic E-state index is 0.264. The van der Waals surface area contributed by atoms with Crippen LogP contribution in [0.5, 0.6) is 0 Å². The van der Waals surface area contributed by atoms with Gasteiger partial charge < -0.3 is 4.74 Å². The molecule has 0 aromatic heterocycles. The van der Waals surface area contributed by atoms with E-state index in [-0.39, 0.29) is 6.10 Å². The summed E-state index contributed by atoms with van der Waals surface area (Å²) in [6, 6.07) is 0.427. The molecule has 0 amide bonds. The first-order valence-corrected chi connectivity index (χ1v) is 8.62. The highest BCUT2D eigenvalue weighted by atomic mass is 16.5. The van der Waals surface area contributed by atoms with Gasteiger partial charge in [0.2, 0.25) is 0 Å². The summed E-state index contributed by atoms with van der Waals surface area (Å²) in [5, 5.41) is 5.70. The normalized spacial score (nSPS) is 23.8. The zero-order valence-electron chi connectivity index (χ0n) is 13.4. The van der Waals surface area contributed by atoms with Crippen molar-refractivity contribution in [1.29, 1.82) is 0 Å². The number of rotatable bonds is 8. The van der Waals surface area contributed by atoms with E-state index >= 15 is 0 Å². The van der Waals surface area contributed by atoms with E-state index < -0.39 is 0 Å². The lowest BCUT2D eigenvalue weighted by Crippen LogP contribution is -2.51. The SMILES string of the molecule is C#CCOC(C1CCCCC1)C(CCCC)N1CNCN1. The van der Waals surface area contributed by atoms with Crippen LogP contribution in [0.3, 0.4) is 0 Å². The fourth-order valence-electron chi connectivity index (χ4n) is 3.70. The molecular weight excluding hydrogens is 262 g/mol. The molecule has 4 nitrogen and oxygen atoms in total. The van der Waals surface area contributed by atoms with Gasteiger partial charge >= 0.3 is 0 Å². The summed E-state index contributed by atoms with van der Waals surface area (Å²) in [7, 11) is 0. The van der Waals surface area contributed by atoms with Gasteiger partial charge in [0.25, 0.3) is 0 Å². The fraction of sp³-hybridized carbons (Fsp3) is 0.882. The lowest BCUT2D eigenvalue weighted by molar-refractivity contribution is -0.0539. The monoisotopic (exact) mass is 293 g/mol. The highest BCUT2D eigenvalue weighted by Gasteiger charge is 2.35. The lowest BCUT2D eigenvalue weighted by Gasteiger charge is -2.39. The van der Waals surface area contributed by atoms with Gasteiger partial charge in [-0.3, -0.25) is 5.32 Å². The zero-order chi connectivity index (χ0) is 14.9. The molecule has 2 N–H and O–H groups in total. The van der Waals surface area contributed by atoms with Crippen molar-refractivity contribution in [3.8, 4) is 12.3 Å². The van der Waals surface area contributed by atoms with Gasteiger partial charge in [-0.05, 0) is 25.2 Å². The molecule has 4 heteroatoms. The Hall–Kier alpha value is -0.600. The van der Waals surface area contributed by atoms with E-state index in [9.17, 15) is 0 Å². The van der Waals surface area contributed by atoms with Crippen LogP contribution in [0.1, 0.15) is 58.3 Å². The number of hydrazine groups is 1. The van der Waals surface area contributed by atoms with Crippen molar-refractivity contribution in [3.63, 3.8) is 0 Å². The van der Waals surface area contributed by atoms with Crippen LogP contribution in [-0.4, -0.2) is 37.1 Å². The minimum Gasteiger partial charge on any atom is -0.364 e. The van der Waals surface area contributed by atoms with Crippen molar-refractivity contribution < 1.29 is 4.74 Å². The van der Waals surface area contributed by atoms with Crippen LogP contribution in [0.25, 0.3) is 0 Å². The Morgan fingerprint density at radius 1 is 1.33 bits per heavy atom. The number of nitrogens with zero attached hydrogens (tertiary/aromatic N) is 1. The van der Waals surface area contributed by atoms with Gasteiger partial charge in [-0.25, -0.2) is 10.4 Å². The molecule has 2 atom stereocenters. The van der Waals surface area contributed by atoms with Gasteiger partial charge in [0.05, 0.1) is 25.5 Å².